The molecule has 46 heavy (non-hydrogen) atoms. The molecule has 2 atom stereocenters. The lowest BCUT2D eigenvalue weighted by atomic mass is 9.98. The van der Waals surface area contributed by atoms with Crippen molar-refractivity contribution in [3.05, 3.63) is 34.8 Å². The number of carbonyl (C=O) groups excluding carboxylic acids is 3. The molecule has 3 heterocycles. The topological polar surface area (TPSA) is 307 Å². The normalized spacial score (nSPS) is 17.5. The zero-order valence-corrected chi connectivity index (χ0v) is 26.3. The zero-order chi connectivity index (χ0) is 34.2. The Kier molecular flexibility index (Phi) is 11.5. The molecule has 0 spiro atoms. The Labute approximate surface area is 265 Å². The number of nitrogens with two attached hydrogens (primary N) is 2. The third kappa shape index (κ3) is 8.62. The molecule has 3 amide bonds. The van der Waals surface area contributed by atoms with Gasteiger partial charge in [-0.15, -0.1) is 11.3 Å². The summed E-state index contributed by atoms with van der Waals surface area (Å²) >= 11 is 0.920. The van der Waals surface area contributed by atoms with Gasteiger partial charge in [-0.3, -0.25) is 23.9 Å². The van der Waals surface area contributed by atoms with Gasteiger partial charge >= 0.3 is 16.3 Å². The number of nitrogens with one attached hydrogen (secondary N) is 3. The summed E-state index contributed by atoms with van der Waals surface area (Å²) in [6.45, 7) is 2.78. The van der Waals surface area contributed by atoms with Crippen LogP contribution in [0, 0.1) is 0 Å². The lowest BCUT2D eigenvalue weighted by molar-refractivity contribution is -0.161. The van der Waals surface area contributed by atoms with E-state index >= 15 is 0 Å². The molecule has 0 aromatic carbocycles. The second kappa shape index (κ2) is 14.9. The number of amides is 3. The van der Waals surface area contributed by atoms with Crippen LogP contribution in [0.3, 0.4) is 0 Å². The third-order valence-corrected chi connectivity index (χ3v) is 7.74. The number of anilines is 1. The van der Waals surface area contributed by atoms with E-state index in [1.54, 1.807) is 6.20 Å². The van der Waals surface area contributed by atoms with Crippen molar-refractivity contribution in [3.8, 4) is 0 Å². The van der Waals surface area contributed by atoms with Crippen LogP contribution in [0.1, 0.15) is 42.2 Å². The number of β-lactam (4-membered cyclic amide) rings is 1. The number of carboxylic acids is 1. The van der Waals surface area contributed by atoms with E-state index in [1.165, 1.54) is 24.7 Å². The van der Waals surface area contributed by atoms with E-state index in [1.807, 2.05) is 0 Å². The fourth-order valence-electron chi connectivity index (χ4n) is 3.68. The fraction of sp³-hybridized carbons (Fsp3) is 0.417. The number of carbonyl (C=O) groups is 4. The van der Waals surface area contributed by atoms with Gasteiger partial charge in [0.25, 0.3) is 17.7 Å². The Morgan fingerprint density at radius 3 is 2.61 bits per heavy atom. The molecular weight excluding hydrogens is 652 g/mol. The summed E-state index contributed by atoms with van der Waals surface area (Å²) < 4.78 is 38.7. The molecule has 9 N–H and O–H groups in total. The minimum Gasteiger partial charge on any atom is -0.478 e. The van der Waals surface area contributed by atoms with Gasteiger partial charge in [0.15, 0.2) is 10.8 Å². The van der Waals surface area contributed by atoms with Crippen molar-refractivity contribution < 1.29 is 46.6 Å². The van der Waals surface area contributed by atoms with E-state index in [0.29, 0.717) is 25.1 Å². The Morgan fingerprint density at radius 2 is 2.02 bits per heavy atom. The molecule has 0 unspecified atom stereocenters. The van der Waals surface area contributed by atoms with Crippen LogP contribution in [0.25, 0.3) is 5.57 Å². The molecular formula is C24H32N10O10S2. The van der Waals surface area contributed by atoms with Crippen LogP contribution >= 0.6 is 11.3 Å². The first-order valence-corrected chi connectivity index (χ1v) is 15.5. The van der Waals surface area contributed by atoms with E-state index in [4.69, 9.17) is 20.8 Å². The number of nitrogen functional groups attached to an aromatic ring is 1. The largest absolute Gasteiger partial charge is 0.478 e. The van der Waals surface area contributed by atoms with Crippen molar-refractivity contribution in [2.45, 2.75) is 38.0 Å². The number of allylic oxidation sites excluding steroid dienone is 1. The maximum Gasteiger partial charge on any atom is 0.362 e. The highest BCUT2D eigenvalue weighted by molar-refractivity contribution is 7.84. The van der Waals surface area contributed by atoms with Gasteiger partial charge in [-0.05, 0) is 26.8 Å². The number of thiazole rings is 1. The van der Waals surface area contributed by atoms with Gasteiger partial charge in [0, 0.05) is 49.6 Å². The second-order valence-electron chi connectivity index (χ2n) is 9.92. The van der Waals surface area contributed by atoms with Gasteiger partial charge < -0.3 is 41.9 Å². The van der Waals surface area contributed by atoms with Crippen molar-refractivity contribution in [2.75, 3.05) is 32.4 Å². The summed E-state index contributed by atoms with van der Waals surface area (Å²) in [7, 11) is -3.59. The monoisotopic (exact) mass is 684 g/mol. The zero-order valence-electron chi connectivity index (χ0n) is 24.7. The lowest BCUT2D eigenvalue weighted by Gasteiger charge is -2.44. The predicted molar refractivity (Wildman–Crippen MR) is 163 cm³/mol. The predicted octanol–water partition coefficient (Wildman–Crippen LogP) is -1.79. The first-order valence-electron chi connectivity index (χ1n) is 13.2. The average molecular weight is 685 g/mol. The number of rotatable bonds is 16. The van der Waals surface area contributed by atoms with Crippen LogP contribution in [0.5, 0.6) is 0 Å². The van der Waals surface area contributed by atoms with Crippen molar-refractivity contribution in [2.24, 2.45) is 15.9 Å². The molecule has 0 bridgehead atoms. The standard InChI is InChI=1S/C24H32N10O10S2/c1-24(2,22(38)39)44-33-17(14-11-45-23(26)30-14)20(36)31-18-15(34(21(18)37)46(40,41)42)10-29-19(35)16-7-13(32-43-16)12(8-27-3)9-28-6-4-5-25/h7-9,11,15,18,28H,4-6,10,25H2,1-3H3,(H2,26,30)(H,29,35)(H,31,36)(H,38,39)(H,40,41,42)/b12-9+,27-8?,33-17-/t15-,18+/m1/s1. The van der Waals surface area contributed by atoms with Crippen LogP contribution in [-0.2, 0) is 29.5 Å². The van der Waals surface area contributed by atoms with Gasteiger partial charge in [-0.2, -0.15) is 8.42 Å². The molecule has 0 radical (unpaired) electrons. The molecule has 1 aliphatic rings. The van der Waals surface area contributed by atoms with Gasteiger partial charge in [0.05, 0.1) is 6.04 Å². The molecule has 0 saturated carbocycles. The van der Waals surface area contributed by atoms with Crippen molar-refractivity contribution in [1.82, 2.24) is 30.4 Å². The number of aromatic nitrogens is 2. The molecule has 1 saturated heterocycles. The third-order valence-electron chi connectivity index (χ3n) is 6.12. The highest BCUT2D eigenvalue weighted by atomic mass is 32.2. The Bertz CT molecular complexity index is 1660. The van der Waals surface area contributed by atoms with Gasteiger partial charge in [-0.25, -0.2) is 14.1 Å². The number of hydrogen-bond acceptors (Lipinski definition) is 16. The highest BCUT2D eigenvalue weighted by Gasteiger charge is 2.54. The molecule has 2 aromatic heterocycles. The van der Waals surface area contributed by atoms with Crippen LogP contribution < -0.4 is 27.4 Å². The first-order chi connectivity index (χ1) is 21.6. The maximum atomic E-state index is 13.2. The number of nitrogens with zero attached hydrogens (tertiary/aromatic N) is 5. The fourth-order valence-corrected chi connectivity index (χ4v) is 5.10. The summed E-state index contributed by atoms with van der Waals surface area (Å²) in [5.41, 5.74) is 9.22. The van der Waals surface area contributed by atoms with Crippen LogP contribution in [0.15, 0.2) is 32.3 Å². The maximum absolute atomic E-state index is 13.2. The van der Waals surface area contributed by atoms with Crippen molar-refractivity contribution in [3.63, 3.8) is 0 Å². The van der Waals surface area contributed by atoms with Crippen molar-refractivity contribution in [1.29, 1.82) is 0 Å². The molecule has 0 aliphatic carbocycles. The van der Waals surface area contributed by atoms with Gasteiger partial charge in [0.2, 0.25) is 11.4 Å². The van der Waals surface area contributed by atoms with E-state index in [9.17, 15) is 37.3 Å². The Hall–Kier alpha value is -4.93. The number of aliphatic carboxylic acids is 1. The number of hydrogen-bond donors (Lipinski definition) is 7. The number of carboxylic acid groups (broad SMARTS) is 1. The smallest absolute Gasteiger partial charge is 0.362 e. The average Bonchev–Trinajstić information content (AvgIpc) is 3.64. The Balaban J connectivity index is 1.79. The molecule has 250 valence electrons. The summed E-state index contributed by atoms with van der Waals surface area (Å²) in [4.78, 5) is 63.1. The summed E-state index contributed by atoms with van der Waals surface area (Å²) in [5, 5.41) is 25.7. The molecule has 1 fully saturated rings. The molecule has 20 nitrogen and oxygen atoms in total. The van der Waals surface area contributed by atoms with Gasteiger partial charge in [0.1, 0.15) is 17.4 Å². The number of aliphatic imine (C=N–C) groups is 1. The molecule has 1 aliphatic heterocycles. The number of oxime groups is 1. The quantitative estimate of drug-likeness (QED) is 0.0337. The molecule has 22 heteroatoms. The van der Waals surface area contributed by atoms with Crippen LogP contribution in [-0.4, -0.2) is 113 Å². The summed E-state index contributed by atoms with van der Waals surface area (Å²) in [5.74, 6) is -4.94. The SMILES string of the molecule is CN=C/C(=C\NCCCN)c1cc(C(=O)NC[C@@H]2[C@H](NC(=O)/C(=N\OC(C)(C)C(=O)O)c3csc(N)n3)C(=O)N2S(=O)(=O)O)on1. The summed E-state index contributed by atoms with van der Waals surface area (Å²) in [6.07, 6.45) is 3.78. The second-order valence-corrected chi connectivity index (χ2v) is 12.1. The first kappa shape index (κ1) is 35.5. The molecule has 2 aromatic rings. The van der Waals surface area contributed by atoms with Crippen LogP contribution in [0.2, 0.25) is 0 Å². The van der Waals surface area contributed by atoms with E-state index in [-0.39, 0.29) is 26.6 Å². The van der Waals surface area contributed by atoms with E-state index in [0.717, 1.165) is 25.2 Å². The van der Waals surface area contributed by atoms with Crippen LogP contribution in [0.4, 0.5) is 5.13 Å². The minimum atomic E-state index is -5.12. The Morgan fingerprint density at radius 1 is 1.30 bits per heavy atom. The van der Waals surface area contributed by atoms with E-state index in [2.05, 4.69) is 36.2 Å². The summed E-state index contributed by atoms with van der Waals surface area (Å²) in [6, 6.07) is -1.82. The van der Waals surface area contributed by atoms with E-state index < -0.39 is 63.9 Å². The minimum absolute atomic E-state index is 0.0221. The van der Waals surface area contributed by atoms with Gasteiger partial charge in [-0.1, -0.05) is 10.3 Å². The highest BCUT2D eigenvalue weighted by Crippen LogP contribution is 2.24. The molecule has 3 rings (SSSR count). The van der Waals surface area contributed by atoms with Crippen molar-refractivity contribution >= 4 is 68.0 Å². The lowest BCUT2D eigenvalue weighted by Crippen LogP contribution is -2.74.